The van der Waals surface area contributed by atoms with E-state index in [-0.39, 0.29) is 29.8 Å². The molecular formula is C27H45N5O4S. The van der Waals surface area contributed by atoms with Crippen LogP contribution in [0.25, 0.3) is 0 Å². The van der Waals surface area contributed by atoms with Crippen molar-refractivity contribution in [1.29, 1.82) is 0 Å². The quantitative estimate of drug-likeness (QED) is 0.515. The van der Waals surface area contributed by atoms with Crippen molar-refractivity contribution >= 4 is 15.9 Å². The van der Waals surface area contributed by atoms with Crippen molar-refractivity contribution in [3.05, 3.63) is 23.3 Å². The van der Waals surface area contributed by atoms with E-state index in [2.05, 4.69) is 27.1 Å². The van der Waals surface area contributed by atoms with Gasteiger partial charge in [-0.15, -0.1) is 0 Å². The average Bonchev–Trinajstić information content (AvgIpc) is 2.85. The standard InChI is InChI=1S/C27H45N5O4S/c1-20-16-25(36-5)17-21(2)27(20)37(34,35)30(4)11-10-26(33)28-22-6-8-23(9-7-22)31-12-14-32(15-13-31)24-18-29(3)19-24/h16-17,22-24H,6-15,18-19H2,1-5H3,(H,28,33)/t22-,23-. The minimum Gasteiger partial charge on any atom is -0.497 e. The summed E-state index contributed by atoms with van der Waals surface area (Å²) in [5, 5.41) is 3.16. The van der Waals surface area contributed by atoms with E-state index in [4.69, 9.17) is 4.74 Å². The molecule has 1 N–H and O–H groups in total. The fourth-order valence-electron chi connectivity index (χ4n) is 6.22. The van der Waals surface area contributed by atoms with Crippen LogP contribution in [0.2, 0.25) is 0 Å². The summed E-state index contributed by atoms with van der Waals surface area (Å²) >= 11 is 0. The molecule has 2 heterocycles. The number of nitrogens with zero attached hydrogens (tertiary/aromatic N) is 4. The molecule has 0 aromatic heterocycles. The van der Waals surface area contributed by atoms with Gasteiger partial charge in [-0.2, -0.15) is 0 Å². The highest BCUT2D eigenvalue weighted by atomic mass is 32.2. The number of nitrogens with one attached hydrogen (secondary N) is 1. The third kappa shape index (κ3) is 6.65. The summed E-state index contributed by atoms with van der Waals surface area (Å²) in [4.78, 5) is 20.6. The van der Waals surface area contributed by atoms with Crippen molar-refractivity contribution < 1.29 is 17.9 Å². The van der Waals surface area contributed by atoms with Gasteiger partial charge < -0.3 is 15.0 Å². The van der Waals surface area contributed by atoms with E-state index in [1.54, 1.807) is 40.1 Å². The summed E-state index contributed by atoms with van der Waals surface area (Å²) in [5.41, 5.74) is 1.28. The number of hydrogen-bond acceptors (Lipinski definition) is 7. The number of likely N-dealkylation sites (tertiary alicyclic amines) is 1. The smallest absolute Gasteiger partial charge is 0.243 e. The highest BCUT2D eigenvalue weighted by molar-refractivity contribution is 7.89. The van der Waals surface area contributed by atoms with Crippen molar-refractivity contribution in [2.75, 3.05) is 67.0 Å². The zero-order valence-corrected chi connectivity index (χ0v) is 24.0. The average molecular weight is 536 g/mol. The van der Waals surface area contributed by atoms with Crippen LogP contribution in [0.15, 0.2) is 17.0 Å². The molecule has 37 heavy (non-hydrogen) atoms. The Kier molecular flexibility index (Phi) is 9.17. The molecule has 1 aliphatic carbocycles. The second kappa shape index (κ2) is 12.0. The van der Waals surface area contributed by atoms with Crippen LogP contribution >= 0.6 is 0 Å². The Bertz CT molecular complexity index is 1020. The Morgan fingerprint density at radius 2 is 1.54 bits per heavy atom. The van der Waals surface area contributed by atoms with Gasteiger partial charge in [-0.1, -0.05) is 0 Å². The van der Waals surface area contributed by atoms with Crippen LogP contribution in [0.3, 0.4) is 0 Å². The summed E-state index contributed by atoms with van der Waals surface area (Å²) in [6.45, 7) is 10.7. The van der Waals surface area contributed by atoms with Crippen LogP contribution in [0, 0.1) is 13.8 Å². The van der Waals surface area contributed by atoms with E-state index in [1.807, 2.05) is 0 Å². The number of hydrogen-bond donors (Lipinski definition) is 1. The number of sulfonamides is 1. The predicted octanol–water partition coefficient (Wildman–Crippen LogP) is 1.68. The lowest BCUT2D eigenvalue weighted by molar-refractivity contribution is -0.122. The number of methoxy groups -OCH3 is 1. The Hall–Kier alpha value is -1.72. The van der Waals surface area contributed by atoms with Gasteiger partial charge in [-0.25, -0.2) is 12.7 Å². The first-order valence-electron chi connectivity index (χ1n) is 13.7. The van der Waals surface area contributed by atoms with Gasteiger partial charge in [-0.3, -0.25) is 14.6 Å². The van der Waals surface area contributed by atoms with Crippen LogP contribution in [0.5, 0.6) is 5.75 Å². The number of carbonyl (C=O) groups is 1. The maximum absolute atomic E-state index is 13.2. The molecule has 0 unspecified atom stereocenters. The van der Waals surface area contributed by atoms with Gasteiger partial charge in [0, 0.05) is 77.4 Å². The molecule has 2 aliphatic heterocycles. The molecular weight excluding hydrogens is 490 g/mol. The van der Waals surface area contributed by atoms with E-state index in [9.17, 15) is 13.2 Å². The molecule has 0 spiro atoms. The van der Waals surface area contributed by atoms with E-state index in [0.29, 0.717) is 22.9 Å². The summed E-state index contributed by atoms with van der Waals surface area (Å²) < 4.78 is 32.9. The number of carbonyl (C=O) groups excluding carboxylic acids is 1. The van der Waals surface area contributed by atoms with Crippen LogP contribution in [0.1, 0.15) is 43.2 Å². The van der Waals surface area contributed by atoms with Crippen LogP contribution in [-0.2, 0) is 14.8 Å². The van der Waals surface area contributed by atoms with Crippen molar-refractivity contribution in [1.82, 2.24) is 24.3 Å². The normalized spacial score (nSPS) is 24.7. The van der Waals surface area contributed by atoms with Crippen LogP contribution in [-0.4, -0.2) is 118 Å². The Labute approximate surface area is 223 Å². The Morgan fingerprint density at radius 1 is 1.00 bits per heavy atom. The molecule has 208 valence electrons. The second-order valence-electron chi connectivity index (χ2n) is 11.2. The van der Waals surface area contributed by atoms with E-state index in [1.165, 1.54) is 30.5 Å². The summed E-state index contributed by atoms with van der Waals surface area (Å²) in [7, 11) is 1.60. The van der Waals surface area contributed by atoms with Gasteiger partial charge >= 0.3 is 0 Å². The molecule has 3 fully saturated rings. The monoisotopic (exact) mass is 535 g/mol. The molecule has 3 aliphatic rings. The first-order valence-corrected chi connectivity index (χ1v) is 15.1. The number of rotatable bonds is 9. The van der Waals surface area contributed by atoms with Gasteiger partial charge in [0.2, 0.25) is 15.9 Å². The predicted molar refractivity (Wildman–Crippen MR) is 146 cm³/mol. The minimum absolute atomic E-state index is 0.0762. The Balaban J connectivity index is 1.19. The molecule has 9 nitrogen and oxygen atoms in total. The molecule has 2 saturated heterocycles. The molecule has 0 atom stereocenters. The number of amides is 1. The molecule has 0 radical (unpaired) electrons. The highest BCUT2D eigenvalue weighted by Gasteiger charge is 2.34. The summed E-state index contributed by atoms with van der Waals surface area (Å²) in [6.07, 6.45) is 4.36. The fourth-order valence-corrected chi connectivity index (χ4v) is 7.80. The fraction of sp³-hybridized carbons (Fsp3) is 0.741. The number of benzene rings is 1. The van der Waals surface area contributed by atoms with Crippen molar-refractivity contribution in [2.45, 2.75) is 69.0 Å². The van der Waals surface area contributed by atoms with Gasteiger partial charge in [-0.05, 0) is 69.8 Å². The van der Waals surface area contributed by atoms with Crippen LogP contribution < -0.4 is 10.1 Å². The van der Waals surface area contributed by atoms with Gasteiger partial charge in [0.25, 0.3) is 0 Å². The SMILES string of the molecule is COc1cc(C)c(S(=O)(=O)N(C)CCC(=O)N[C@H]2CC[C@H](N3CCN(C4CN(C)C4)CC3)CC2)c(C)c1. The third-order valence-corrected chi connectivity index (χ3v) is 10.6. The summed E-state index contributed by atoms with van der Waals surface area (Å²) in [5.74, 6) is 0.558. The van der Waals surface area contributed by atoms with Crippen molar-refractivity contribution in [3.63, 3.8) is 0 Å². The highest BCUT2D eigenvalue weighted by Crippen LogP contribution is 2.28. The molecule has 1 aromatic rings. The largest absolute Gasteiger partial charge is 0.497 e. The molecule has 0 bridgehead atoms. The maximum atomic E-state index is 13.2. The van der Waals surface area contributed by atoms with Crippen molar-refractivity contribution in [2.24, 2.45) is 0 Å². The summed E-state index contributed by atoms with van der Waals surface area (Å²) in [6, 6.07) is 5.00. The van der Waals surface area contributed by atoms with E-state index in [0.717, 1.165) is 44.8 Å². The third-order valence-electron chi connectivity index (χ3n) is 8.48. The lowest BCUT2D eigenvalue weighted by Crippen LogP contribution is -2.62. The van der Waals surface area contributed by atoms with Gasteiger partial charge in [0.15, 0.2) is 0 Å². The molecule has 1 saturated carbocycles. The second-order valence-corrected chi connectivity index (χ2v) is 13.2. The topological polar surface area (TPSA) is 85.4 Å². The lowest BCUT2D eigenvalue weighted by atomic mass is 9.89. The molecule has 1 amide bonds. The number of aryl methyl sites for hydroxylation is 2. The Morgan fingerprint density at radius 3 is 2.05 bits per heavy atom. The number of ether oxygens (including phenoxy) is 1. The first kappa shape index (κ1) is 28.3. The number of likely N-dealkylation sites (N-methyl/N-ethyl adjacent to an activating group) is 1. The van der Waals surface area contributed by atoms with Gasteiger partial charge in [0.05, 0.1) is 12.0 Å². The van der Waals surface area contributed by atoms with Crippen molar-refractivity contribution in [3.8, 4) is 5.75 Å². The minimum atomic E-state index is -3.70. The number of piperazine rings is 1. The zero-order valence-electron chi connectivity index (χ0n) is 23.2. The lowest BCUT2D eigenvalue weighted by Gasteiger charge is -2.48. The zero-order chi connectivity index (χ0) is 26.7. The van der Waals surface area contributed by atoms with E-state index >= 15 is 0 Å². The molecule has 4 rings (SSSR count). The molecule has 10 heteroatoms. The molecule has 1 aromatic carbocycles. The van der Waals surface area contributed by atoms with Crippen LogP contribution in [0.4, 0.5) is 0 Å². The first-order chi connectivity index (χ1) is 17.6. The maximum Gasteiger partial charge on any atom is 0.243 e. The van der Waals surface area contributed by atoms with E-state index < -0.39 is 10.0 Å². The van der Waals surface area contributed by atoms with Gasteiger partial charge in [0.1, 0.15) is 5.75 Å².